The molecule has 1 N–H and O–H groups in total. The van der Waals surface area contributed by atoms with Gasteiger partial charge in [0.15, 0.2) is 0 Å². The molecule has 0 amide bonds. The first-order valence-electron chi connectivity index (χ1n) is 5.25. The molecule has 2 aromatic rings. The minimum absolute atomic E-state index is 0. The van der Waals surface area contributed by atoms with Gasteiger partial charge in [-0.3, -0.25) is 4.99 Å². The number of rotatable bonds is 2. The van der Waals surface area contributed by atoms with Crippen LogP contribution in [-0.2, 0) is 21.7 Å². The van der Waals surface area contributed by atoms with Crippen molar-refractivity contribution in [1.82, 2.24) is 0 Å². The first-order valence-corrected chi connectivity index (χ1v) is 5.25. The Kier molecular flexibility index (Phi) is 7.27. The molecule has 0 aliphatic heterocycles. The third-order valence-electron chi connectivity index (χ3n) is 2.46. The van der Waals surface area contributed by atoms with Crippen molar-refractivity contribution in [2.75, 3.05) is 0 Å². The summed E-state index contributed by atoms with van der Waals surface area (Å²) >= 11 is 0. The van der Waals surface area contributed by atoms with Gasteiger partial charge in [0.1, 0.15) is 11.6 Å². The number of phenolic OH excluding ortho intramolecular Hbond substituents is 1. The fourth-order valence-corrected chi connectivity index (χ4v) is 1.48. The zero-order chi connectivity index (χ0) is 12.3. The number of aromatic hydroxyl groups is 1. The average molecular weight is 292 g/mol. The molecular formula is C15H15FNOTi-. The minimum atomic E-state index is -0.379. The number of aryl methyl sites for hydroxylation is 1. The molecule has 0 aromatic heterocycles. The predicted molar refractivity (Wildman–Crippen MR) is 72.9 cm³/mol. The van der Waals surface area contributed by atoms with Crippen LogP contribution in [-0.4, -0.2) is 11.3 Å². The SMILES string of the molecule is Cc1cccc(C=Nc2ccccc2F)c1O.[CH3-].[Ti]. The molecule has 0 radical (unpaired) electrons. The maximum Gasteiger partial charge on any atom is 0.148 e. The second-order valence-electron chi connectivity index (χ2n) is 3.72. The van der Waals surface area contributed by atoms with Crippen molar-refractivity contribution in [3.8, 4) is 5.75 Å². The Labute approximate surface area is 127 Å². The van der Waals surface area contributed by atoms with E-state index < -0.39 is 0 Å². The largest absolute Gasteiger partial charge is 0.507 e. The van der Waals surface area contributed by atoms with Crippen LogP contribution in [0.15, 0.2) is 47.5 Å². The Bertz CT molecular complexity index is 570. The van der Waals surface area contributed by atoms with Gasteiger partial charge in [-0.2, -0.15) is 0 Å². The van der Waals surface area contributed by atoms with Crippen LogP contribution in [0.4, 0.5) is 10.1 Å². The summed E-state index contributed by atoms with van der Waals surface area (Å²) in [7, 11) is 0. The van der Waals surface area contributed by atoms with Crippen molar-refractivity contribution >= 4 is 11.9 Å². The Morgan fingerprint density at radius 1 is 1.11 bits per heavy atom. The number of hydrogen-bond donors (Lipinski definition) is 1. The monoisotopic (exact) mass is 292 g/mol. The van der Waals surface area contributed by atoms with Gasteiger partial charge in [-0.25, -0.2) is 4.39 Å². The maximum atomic E-state index is 13.3. The third kappa shape index (κ3) is 4.30. The summed E-state index contributed by atoms with van der Waals surface area (Å²) in [5.41, 5.74) is 1.60. The summed E-state index contributed by atoms with van der Waals surface area (Å²) in [6.07, 6.45) is 1.46. The minimum Gasteiger partial charge on any atom is -0.507 e. The fourth-order valence-electron chi connectivity index (χ4n) is 1.48. The quantitative estimate of drug-likeness (QED) is 0.506. The van der Waals surface area contributed by atoms with E-state index in [9.17, 15) is 9.50 Å². The van der Waals surface area contributed by atoms with Gasteiger partial charge in [0.2, 0.25) is 0 Å². The molecular weight excluding hydrogens is 277 g/mol. The van der Waals surface area contributed by atoms with E-state index in [-0.39, 0.29) is 46.4 Å². The molecule has 98 valence electrons. The molecule has 0 unspecified atom stereocenters. The van der Waals surface area contributed by atoms with E-state index in [0.717, 1.165) is 5.56 Å². The summed E-state index contributed by atoms with van der Waals surface area (Å²) < 4.78 is 13.3. The molecule has 0 bridgehead atoms. The Hall–Kier alpha value is -1.45. The van der Waals surface area contributed by atoms with Gasteiger partial charge in [-0.1, -0.05) is 24.3 Å². The van der Waals surface area contributed by atoms with Crippen LogP contribution in [0, 0.1) is 20.2 Å². The number of aliphatic imine (C=N–C) groups is 1. The molecule has 2 aromatic carbocycles. The van der Waals surface area contributed by atoms with Gasteiger partial charge < -0.3 is 12.5 Å². The van der Waals surface area contributed by atoms with Gasteiger partial charge in [0, 0.05) is 33.5 Å². The van der Waals surface area contributed by atoms with Crippen molar-refractivity contribution in [2.45, 2.75) is 6.92 Å². The van der Waals surface area contributed by atoms with Crippen LogP contribution in [0.3, 0.4) is 0 Å². The zero-order valence-electron chi connectivity index (χ0n) is 10.9. The van der Waals surface area contributed by atoms with E-state index >= 15 is 0 Å². The second-order valence-corrected chi connectivity index (χ2v) is 3.72. The van der Waals surface area contributed by atoms with Crippen LogP contribution < -0.4 is 0 Å². The molecule has 0 fully saturated rings. The molecule has 2 rings (SSSR count). The van der Waals surface area contributed by atoms with Gasteiger partial charge in [0.05, 0.1) is 5.69 Å². The van der Waals surface area contributed by atoms with E-state index in [1.54, 1.807) is 37.3 Å². The fraction of sp³-hybridized carbons (Fsp3) is 0.0667. The van der Waals surface area contributed by atoms with Crippen LogP contribution in [0.1, 0.15) is 11.1 Å². The van der Waals surface area contributed by atoms with Crippen molar-refractivity contribution in [3.05, 3.63) is 66.8 Å². The maximum absolute atomic E-state index is 13.3. The first kappa shape index (κ1) is 17.6. The summed E-state index contributed by atoms with van der Waals surface area (Å²) in [6, 6.07) is 11.6. The average Bonchev–Trinajstić information content (AvgIpc) is 2.33. The van der Waals surface area contributed by atoms with Crippen molar-refractivity contribution in [1.29, 1.82) is 0 Å². The number of benzene rings is 2. The van der Waals surface area contributed by atoms with Crippen molar-refractivity contribution < 1.29 is 31.2 Å². The first-order chi connectivity index (χ1) is 8.18. The summed E-state index contributed by atoms with van der Waals surface area (Å²) in [5, 5.41) is 9.76. The number of para-hydroxylation sites is 2. The Morgan fingerprint density at radius 2 is 1.79 bits per heavy atom. The van der Waals surface area contributed by atoms with Gasteiger partial charge in [-0.15, -0.1) is 0 Å². The molecule has 0 atom stereocenters. The summed E-state index contributed by atoms with van der Waals surface area (Å²) in [6.45, 7) is 1.80. The Balaban J connectivity index is 0.00000162. The number of halogens is 1. The standard InChI is InChI=1S/C14H12FNO.CH3.Ti/c1-10-5-4-6-11(14(10)17)9-16-13-8-3-2-7-12(13)15;;/h2-9,17H,1H3;1H3;/q;-1;. The van der Waals surface area contributed by atoms with Gasteiger partial charge >= 0.3 is 0 Å². The third-order valence-corrected chi connectivity index (χ3v) is 2.46. The van der Waals surface area contributed by atoms with Crippen LogP contribution in [0.2, 0.25) is 0 Å². The summed E-state index contributed by atoms with van der Waals surface area (Å²) in [5.74, 6) is -0.205. The number of hydrogen-bond acceptors (Lipinski definition) is 2. The van der Waals surface area contributed by atoms with Crippen LogP contribution in [0.5, 0.6) is 5.75 Å². The smallest absolute Gasteiger partial charge is 0.148 e. The molecule has 4 heteroatoms. The molecule has 0 heterocycles. The molecule has 0 saturated heterocycles. The summed E-state index contributed by atoms with van der Waals surface area (Å²) in [4.78, 5) is 4.02. The van der Waals surface area contributed by atoms with Crippen LogP contribution >= 0.6 is 0 Å². The molecule has 0 aliphatic rings. The van der Waals surface area contributed by atoms with E-state index in [2.05, 4.69) is 4.99 Å². The molecule has 0 saturated carbocycles. The predicted octanol–water partition coefficient (Wildman–Crippen LogP) is 4.04. The second kappa shape index (κ2) is 7.87. The molecule has 19 heavy (non-hydrogen) atoms. The van der Waals surface area contributed by atoms with E-state index in [1.165, 1.54) is 12.3 Å². The molecule has 0 spiro atoms. The van der Waals surface area contributed by atoms with Crippen molar-refractivity contribution in [2.24, 2.45) is 4.99 Å². The van der Waals surface area contributed by atoms with Crippen LogP contribution in [0.25, 0.3) is 0 Å². The number of phenols is 1. The topological polar surface area (TPSA) is 32.6 Å². The van der Waals surface area contributed by atoms with E-state index in [0.29, 0.717) is 5.56 Å². The van der Waals surface area contributed by atoms with E-state index in [4.69, 9.17) is 0 Å². The Morgan fingerprint density at radius 3 is 2.47 bits per heavy atom. The number of nitrogens with zero attached hydrogens (tertiary/aromatic N) is 1. The normalized spacial score (nSPS) is 9.79. The van der Waals surface area contributed by atoms with Crippen molar-refractivity contribution in [3.63, 3.8) is 0 Å². The molecule has 2 nitrogen and oxygen atoms in total. The van der Waals surface area contributed by atoms with Gasteiger partial charge in [-0.05, 0) is 30.7 Å². The zero-order valence-corrected chi connectivity index (χ0v) is 12.5. The van der Waals surface area contributed by atoms with Gasteiger partial charge in [0.25, 0.3) is 0 Å². The molecule has 0 aliphatic carbocycles. The van der Waals surface area contributed by atoms with E-state index in [1.807, 2.05) is 6.07 Å².